The van der Waals surface area contributed by atoms with Gasteiger partial charge in [0.1, 0.15) is 12.0 Å². The Kier molecular flexibility index (Phi) is 8.79. The zero-order valence-electron chi connectivity index (χ0n) is 17.8. The Bertz CT molecular complexity index is 700. The van der Waals surface area contributed by atoms with Crippen LogP contribution >= 0.6 is 0 Å². The van der Waals surface area contributed by atoms with Crippen molar-refractivity contribution in [3.63, 3.8) is 0 Å². The predicted molar refractivity (Wildman–Crippen MR) is 105 cm³/mol. The SMILES string of the molecule is C=C(C)C(=O)OCC(C)(C)C(OC(=O)C(=C)C)(OC(=O)C(=C)C)OC(=O)C(=C)C. The van der Waals surface area contributed by atoms with Crippen LogP contribution in [0.1, 0.15) is 41.5 Å². The molecule has 0 aromatic rings. The number of carbonyl (C=O) groups excluding carboxylic acids is 4. The van der Waals surface area contributed by atoms with Crippen molar-refractivity contribution in [1.82, 2.24) is 0 Å². The fourth-order valence-corrected chi connectivity index (χ4v) is 1.56. The number of hydrogen-bond acceptors (Lipinski definition) is 8. The number of esters is 4. The Balaban J connectivity index is 6.39. The zero-order valence-corrected chi connectivity index (χ0v) is 17.8. The summed E-state index contributed by atoms with van der Waals surface area (Å²) in [4.78, 5) is 48.7. The first-order valence-electron chi connectivity index (χ1n) is 8.55. The van der Waals surface area contributed by atoms with Gasteiger partial charge in [-0.2, -0.15) is 0 Å². The van der Waals surface area contributed by atoms with Crippen LogP contribution in [0, 0.1) is 5.41 Å². The van der Waals surface area contributed by atoms with Crippen molar-refractivity contribution in [2.24, 2.45) is 5.41 Å². The van der Waals surface area contributed by atoms with Gasteiger partial charge in [0.25, 0.3) is 0 Å². The summed E-state index contributed by atoms with van der Waals surface area (Å²) in [6, 6.07) is 0. The molecular weight excluding hydrogens is 380 g/mol. The maximum Gasteiger partial charge on any atom is 0.432 e. The summed E-state index contributed by atoms with van der Waals surface area (Å²) in [7, 11) is 0. The van der Waals surface area contributed by atoms with Gasteiger partial charge in [0, 0.05) is 22.3 Å². The maximum absolute atomic E-state index is 12.3. The van der Waals surface area contributed by atoms with Gasteiger partial charge in [-0.1, -0.05) is 26.3 Å². The van der Waals surface area contributed by atoms with Crippen LogP contribution in [0.5, 0.6) is 0 Å². The molecule has 0 heterocycles. The highest BCUT2D eigenvalue weighted by Crippen LogP contribution is 2.39. The number of hydrogen-bond donors (Lipinski definition) is 0. The molecule has 0 aliphatic rings. The van der Waals surface area contributed by atoms with Crippen molar-refractivity contribution in [2.45, 2.75) is 47.5 Å². The second-order valence-corrected chi connectivity index (χ2v) is 7.31. The lowest BCUT2D eigenvalue weighted by atomic mass is 9.90. The second-order valence-electron chi connectivity index (χ2n) is 7.31. The van der Waals surface area contributed by atoms with Crippen LogP contribution in [-0.2, 0) is 38.1 Å². The molecular formula is C21H28O8. The van der Waals surface area contributed by atoms with Crippen LogP contribution in [0.3, 0.4) is 0 Å². The summed E-state index contributed by atoms with van der Waals surface area (Å²) in [5, 5.41) is 0. The lowest BCUT2D eigenvalue weighted by molar-refractivity contribution is -0.373. The number of ether oxygens (including phenoxy) is 4. The van der Waals surface area contributed by atoms with E-state index in [1.165, 1.54) is 41.5 Å². The van der Waals surface area contributed by atoms with Crippen LogP contribution in [-0.4, -0.2) is 36.5 Å². The minimum atomic E-state index is -2.61. The van der Waals surface area contributed by atoms with E-state index in [1.807, 2.05) is 0 Å². The minimum absolute atomic E-state index is 0.0538. The van der Waals surface area contributed by atoms with Crippen LogP contribution in [0.4, 0.5) is 0 Å². The molecule has 0 N–H and O–H groups in total. The molecule has 0 atom stereocenters. The molecule has 8 heteroatoms. The van der Waals surface area contributed by atoms with Crippen molar-refractivity contribution in [3.05, 3.63) is 48.6 Å². The van der Waals surface area contributed by atoms with Crippen molar-refractivity contribution >= 4 is 23.9 Å². The fourth-order valence-electron chi connectivity index (χ4n) is 1.56. The lowest BCUT2D eigenvalue weighted by Crippen LogP contribution is -2.57. The van der Waals surface area contributed by atoms with E-state index < -0.39 is 41.9 Å². The van der Waals surface area contributed by atoms with Crippen molar-refractivity contribution in [3.8, 4) is 0 Å². The summed E-state index contributed by atoms with van der Waals surface area (Å²) < 4.78 is 21.0. The first-order chi connectivity index (χ1) is 13.1. The Morgan fingerprint density at radius 1 is 0.621 bits per heavy atom. The molecule has 0 aromatic carbocycles. The van der Waals surface area contributed by atoms with E-state index in [1.54, 1.807) is 0 Å². The molecule has 0 spiro atoms. The molecule has 0 aromatic heterocycles. The summed E-state index contributed by atoms with van der Waals surface area (Å²) in [6.45, 7) is 21.7. The Labute approximate surface area is 170 Å². The largest absolute Gasteiger partial charge is 0.461 e. The van der Waals surface area contributed by atoms with Gasteiger partial charge in [0.2, 0.25) is 0 Å². The van der Waals surface area contributed by atoms with E-state index in [4.69, 9.17) is 18.9 Å². The standard InChI is InChI=1S/C21H28O8/c1-12(2)16(22)26-11-20(9,10)21(27-17(23)13(3)4,28-18(24)14(5)6)29-19(25)15(7)8/h1,3,5,7,11H2,2,4,6,8-10H3. The lowest BCUT2D eigenvalue weighted by Gasteiger charge is -2.41. The van der Waals surface area contributed by atoms with Crippen molar-refractivity contribution < 1.29 is 38.1 Å². The molecule has 0 bridgehead atoms. The van der Waals surface area contributed by atoms with E-state index in [-0.39, 0.29) is 22.3 Å². The van der Waals surface area contributed by atoms with E-state index in [9.17, 15) is 19.2 Å². The zero-order chi connectivity index (χ0) is 23.2. The van der Waals surface area contributed by atoms with Gasteiger partial charge in [-0.05, 0) is 41.5 Å². The molecule has 8 nitrogen and oxygen atoms in total. The normalized spacial score (nSPS) is 11.0. The Morgan fingerprint density at radius 2 is 0.897 bits per heavy atom. The van der Waals surface area contributed by atoms with Gasteiger partial charge >= 0.3 is 29.9 Å². The van der Waals surface area contributed by atoms with Crippen LogP contribution in [0.15, 0.2) is 48.6 Å². The van der Waals surface area contributed by atoms with Gasteiger partial charge in [-0.15, -0.1) is 0 Å². The quantitative estimate of drug-likeness (QED) is 0.308. The molecule has 0 saturated carbocycles. The average Bonchev–Trinajstić information content (AvgIpc) is 2.58. The van der Waals surface area contributed by atoms with E-state index in [0.29, 0.717) is 0 Å². The molecule has 0 saturated heterocycles. The van der Waals surface area contributed by atoms with Crippen LogP contribution in [0.25, 0.3) is 0 Å². The highest BCUT2D eigenvalue weighted by atomic mass is 16.9. The number of carbonyl (C=O) groups is 4. The fraction of sp³-hybridized carbons (Fsp3) is 0.429. The highest BCUT2D eigenvalue weighted by Gasteiger charge is 2.58. The summed E-state index contributed by atoms with van der Waals surface area (Å²) >= 11 is 0. The molecule has 0 rings (SSSR count). The first-order valence-corrected chi connectivity index (χ1v) is 8.55. The van der Waals surface area contributed by atoms with Crippen molar-refractivity contribution in [2.75, 3.05) is 6.61 Å². The molecule has 0 aliphatic carbocycles. The van der Waals surface area contributed by atoms with E-state index in [0.717, 1.165) is 0 Å². The van der Waals surface area contributed by atoms with E-state index >= 15 is 0 Å². The molecule has 29 heavy (non-hydrogen) atoms. The summed E-state index contributed by atoms with van der Waals surface area (Å²) in [5.41, 5.74) is -1.60. The molecule has 0 unspecified atom stereocenters. The third-order valence-corrected chi connectivity index (χ3v) is 3.47. The van der Waals surface area contributed by atoms with Crippen molar-refractivity contribution in [1.29, 1.82) is 0 Å². The van der Waals surface area contributed by atoms with Gasteiger partial charge in [-0.3, -0.25) is 0 Å². The van der Waals surface area contributed by atoms with Gasteiger partial charge in [-0.25, -0.2) is 19.2 Å². The molecule has 0 radical (unpaired) electrons. The van der Waals surface area contributed by atoms with Crippen LogP contribution in [0.2, 0.25) is 0 Å². The molecule has 0 amide bonds. The minimum Gasteiger partial charge on any atom is -0.461 e. The second kappa shape index (κ2) is 9.86. The molecule has 160 valence electrons. The third kappa shape index (κ3) is 7.06. The molecule has 0 fully saturated rings. The summed E-state index contributed by atoms with van der Waals surface area (Å²) in [5.74, 6) is -6.37. The summed E-state index contributed by atoms with van der Waals surface area (Å²) in [6.07, 6.45) is 0. The van der Waals surface area contributed by atoms with Gasteiger partial charge < -0.3 is 18.9 Å². The third-order valence-electron chi connectivity index (χ3n) is 3.47. The van der Waals surface area contributed by atoms with Gasteiger partial charge in [0.15, 0.2) is 0 Å². The van der Waals surface area contributed by atoms with E-state index in [2.05, 4.69) is 26.3 Å². The molecule has 0 aliphatic heterocycles. The van der Waals surface area contributed by atoms with Gasteiger partial charge in [0.05, 0.1) is 0 Å². The maximum atomic E-state index is 12.3. The topological polar surface area (TPSA) is 105 Å². The first kappa shape index (κ1) is 25.8. The Hall–Kier alpha value is -3.16. The monoisotopic (exact) mass is 408 g/mol. The highest BCUT2D eigenvalue weighted by molar-refractivity contribution is 5.91. The average molecular weight is 408 g/mol. The predicted octanol–water partition coefficient (Wildman–Crippen LogP) is 3.14. The van der Waals surface area contributed by atoms with Crippen LogP contribution < -0.4 is 0 Å². The Morgan fingerprint density at radius 3 is 1.14 bits per heavy atom. The smallest absolute Gasteiger partial charge is 0.432 e. The number of rotatable bonds is 10.